The minimum Gasteiger partial charge on any atom is -0.387 e. The van der Waals surface area contributed by atoms with Gasteiger partial charge in [-0.1, -0.05) is 30.3 Å². The van der Waals surface area contributed by atoms with Crippen LogP contribution in [0.3, 0.4) is 0 Å². The lowest BCUT2D eigenvalue weighted by molar-refractivity contribution is 0.193. The molecule has 1 atom stereocenters. The molecule has 4 heteroatoms. The van der Waals surface area contributed by atoms with Gasteiger partial charge in [0.1, 0.15) is 0 Å². The van der Waals surface area contributed by atoms with Crippen molar-refractivity contribution in [1.82, 2.24) is 15.2 Å². The van der Waals surface area contributed by atoms with Crippen LogP contribution in [0.4, 0.5) is 0 Å². The first-order chi connectivity index (χ1) is 7.27. The third kappa shape index (κ3) is 2.16. The largest absolute Gasteiger partial charge is 0.387 e. The topological polar surface area (TPSA) is 58.9 Å². The van der Waals surface area contributed by atoms with Crippen molar-refractivity contribution in [3.8, 4) is 11.4 Å². The van der Waals surface area contributed by atoms with Crippen molar-refractivity contribution < 1.29 is 5.11 Å². The van der Waals surface area contributed by atoms with E-state index in [4.69, 9.17) is 0 Å². The number of rotatable bonds is 2. The molecule has 0 spiro atoms. The van der Waals surface area contributed by atoms with Gasteiger partial charge in [-0.15, -0.1) is 5.10 Å². The standard InChI is InChI=1S/C11H11N3O/c1-8(15)10-7-12-14-11(13-10)9-5-3-2-4-6-9/h2-8,15H,1H3/t8-/m0/s1. The van der Waals surface area contributed by atoms with Crippen LogP contribution >= 0.6 is 0 Å². The summed E-state index contributed by atoms with van der Waals surface area (Å²) in [5.41, 5.74) is 1.43. The fourth-order valence-electron chi connectivity index (χ4n) is 1.23. The van der Waals surface area contributed by atoms with E-state index in [-0.39, 0.29) is 0 Å². The van der Waals surface area contributed by atoms with Crippen LogP contribution in [0.5, 0.6) is 0 Å². The van der Waals surface area contributed by atoms with Crippen molar-refractivity contribution in [1.29, 1.82) is 0 Å². The van der Waals surface area contributed by atoms with E-state index < -0.39 is 6.10 Å². The molecule has 0 unspecified atom stereocenters. The van der Waals surface area contributed by atoms with Gasteiger partial charge >= 0.3 is 0 Å². The van der Waals surface area contributed by atoms with E-state index in [1.807, 2.05) is 30.3 Å². The van der Waals surface area contributed by atoms with E-state index in [1.54, 1.807) is 6.92 Å². The second-order valence-electron chi connectivity index (χ2n) is 3.25. The van der Waals surface area contributed by atoms with Crippen molar-refractivity contribution >= 4 is 0 Å². The van der Waals surface area contributed by atoms with E-state index in [0.717, 1.165) is 5.56 Å². The molecule has 1 aromatic carbocycles. The lowest BCUT2D eigenvalue weighted by atomic mass is 10.2. The van der Waals surface area contributed by atoms with Gasteiger partial charge in [0.25, 0.3) is 0 Å². The maximum absolute atomic E-state index is 9.36. The molecule has 0 amide bonds. The van der Waals surface area contributed by atoms with Crippen molar-refractivity contribution in [2.24, 2.45) is 0 Å². The quantitative estimate of drug-likeness (QED) is 0.801. The molecule has 2 aromatic rings. The maximum atomic E-state index is 9.36. The van der Waals surface area contributed by atoms with Crippen molar-refractivity contribution in [3.63, 3.8) is 0 Å². The minimum atomic E-state index is -0.622. The van der Waals surface area contributed by atoms with Gasteiger partial charge in [-0.05, 0) is 6.92 Å². The van der Waals surface area contributed by atoms with Gasteiger partial charge in [-0.2, -0.15) is 5.10 Å². The minimum absolute atomic E-state index is 0.531. The summed E-state index contributed by atoms with van der Waals surface area (Å²) in [5.74, 6) is 0.536. The molecule has 0 aliphatic rings. The highest BCUT2D eigenvalue weighted by atomic mass is 16.3. The van der Waals surface area contributed by atoms with Crippen LogP contribution in [0.15, 0.2) is 36.5 Å². The van der Waals surface area contributed by atoms with Crippen LogP contribution in [0, 0.1) is 0 Å². The smallest absolute Gasteiger partial charge is 0.182 e. The van der Waals surface area contributed by atoms with E-state index >= 15 is 0 Å². The lowest BCUT2D eigenvalue weighted by Crippen LogP contribution is -2.00. The predicted octanol–water partition coefficient (Wildman–Crippen LogP) is 1.59. The first-order valence-corrected chi connectivity index (χ1v) is 4.70. The Morgan fingerprint density at radius 1 is 1.20 bits per heavy atom. The number of aliphatic hydroxyl groups excluding tert-OH is 1. The van der Waals surface area contributed by atoms with Crippen LogP contribution in [0.25, 0.3) is 11.4 Å². The van der Waals surface area contributed by atoms with Crippen LogP contribution < -0.4 is 0 Å². The van der Waals surface area contributed by atoms with Crippen LogP contribution in [-0.2, 0) is 0 Å². The van der Waals surface area contributed by atoms with Crippen LogP contribution in [-0.4, -0.2) is 20.3 Å². The highest BCUT2D eigenvalue weighted by Crippen LogP contribution is 2.15. The van der Waals surface area contributed by atoms with Crippen molar-refractivity contribution in [2.75, 3.05) is 0 Å². The van der Waals surface area contributed by atoms with E-state index in [0.29, 0.717) is 11.5 Å². The molecule has 0 radical (unpaired) electrons. The monoisotopic (exact) mass is 201 g/mol. The molecule has 0 fully saturated rings. The van der Waals surface area contributed by atoms with Crippen molar-refractivity contribution in [2.45, 2.75) is 13.0 Å². The molecule has 15 heavy (non-hydrogen) atoms. The first kappa shape index (κ1) is 9.73. The molecule has 76 valence electrons. The van der Waals surface area contributed by atoms with Gasteiger partial charge in [-0.3, -0.25) is 0 Å². The molecule has 1 aromatic heterocycles. The highest BCUT2D eigenvalue weighted by Gasteiger charge is 2.06. The second kappa shape index (κ2) is 4.14. The third-order valence-electron chi connectivity index (χ3n) is 2.04. The number of nitrogens with zero attached hydrogens (tertiary/aromatic N) is 3. The van der Waals surface area contributed by atoms with Gasteiger partial charge in [0, 0.05) is 5.56 Å². The zero-order valence-electron chi connectivity index (χ0n) is 8.33. The van der Waals surface area contributed by atoms with Crippen LogP contribution in [0.1, 0.15) is 18.7 Å². The molecule has 0 aliphatic carbocycles. The number of hydrogen-bond donors (Lipinski definition) is 1. The molecule has 0 bridgehead atoms. The summed E-state index contributed by atoms with van der Waals surface area (Å²) >= 11 is 0. The third-order valence-corrected chi connectivity index (χ3v) is 2.04. The molecule has 1 N–H and O–H groups in total. The first-order valence-electron chi connectivity index (χ1n) is 4.70. The molecule has 1 heterocycles. The summed E-state index contributed by atoms with van der Waals surface area (Å²) in [6.07, 6.45) is 0.847. The molecule has 2 rings (SSSR count). The van der Waals surface area contributed by atoms with Gasteiger partial charge < -0.3 is 5.11 Å². The molecule has 0 saturated carbocycles. The summed E-state index contributed by atoms with van der Waals surface area (Å²) < 4.78 is 0. The van der Waals surface area contributed by atoms with Gasteiger partial charge in [-0.25, -0.2) is 4.98 Å². The summed E-state index contributed by atoms with van der Waals surface area (Å²) in [7, 11) is 0. The summed E-state index contributed by atoms with van der Waals surface area (Å²) in [6, 6.07) is 9.56. The van der Waals surface area contributed by atoms with Crippen LogP contribution in [0.2, 0.25) is 0 Å². The van der Waals surface area contributed by atoms with Crippen molar-refractivity contribution in [3.05, 3.63) is 42.2 Å². The van der Waals surface area contributed by atoms with E-state index in [2.05, 4.69) is 15.2 Å². The number of aromatic nitrogens is 3. The number of benzene rings is 1. The molecule has 0 saturated heterocycles. The Balaban J connectivity index is 2.42. The van der Waals surface area contributed by atoms with E-state index in [1.165, 1.54) is 6.20 Å². The fraction of sp³-hybridized carbons (Fsp3) is 0.182. The normalized spacial score (nSPS) is 12.4. The molecular weight excluding hydrogens is 190 g/mol. The average Bonchev–Trinajstić information content (AvgIpc) is 2.30. The summed E-state index contributed by atoms with van der Waals surface area (Å²) in [6.45, 7) is 1.65. The Kier molecular flexibility index (Phi) is 2.69. The lowest BCUT2D eigenvalue weighted by Gasteiger charge is -2.04. The fourth-order valence-corrected chi connectivity index (χ4v) is 1.23. The Hall–Kier alpha value is -1.81. The Labute approximate surface area is 87.6 Å². The Morgan fingerprint density at radius 2 is 1.93 bits per heavy atom. The van der Waals surface area contributed by atoms with Gasteiger partial charge in [0.2, 0.25) is 0 Å². The Morgan fingerprint density at radius 3 is 2.60 bits per heavy atom. The van der Waals surface area contributed by atoms with E-state index in [9.17, 15) is 5.11 Å². The number of aliphatic hydroxyl groups is 1. The van der Waals surface area contributed by atoms with Gasteiger partial charge in [0.05, 0.1) is 18.0 Å². The Bertz CT molecular complexity index is 443. The predicted molar refractivity (Wildman–Crippen MR) is 55.9 cm³/mol. The highest BCUT2D eigenvalue weighted by molar-refractivity contribution is 5.53. The molecular formula is C11H11N3O. The summed E-state index contributed by atoms with van der Waals surface area (Å²) in [4.78, 5) is 4.22. The zero-order chi connectivity index (χ0) is 10.7. The van der Waals surface area contributed by atoms with Gasteiger partial charge in [0.15, 0.2) is 5.82 Å². The second-order valence-corrected chi connectivity index (χ2v) is 3.25. The molecule has 0 aliphatic heterocycles. The number of hydrogen-bond acceptors (Lipinski definition) is 4. The summed E-state index contributed by atoms with van der Waals surface area (Å²) in [5, 5.41) is 17.1. The molecule has 4 nitrogen and oxygen atoms in total. The SMILES string of the molecule is C[C@H](O)c1cnnc(-c2ccccc2)n1. The maximum Gasteiger partial charge on any atom is 0.182 e. The zero-order valence-corrected chi connectivity index (χ0v) is 8.33. The average molecular weight is 201 g/mol.